The molecule has 0 heterocycles. The number of aliphatic hydroxyl groups is 1. The molecule has 0 aliphatic rings. The molecule has 2 unspecified atom stereocenters. The van der Waals surface area contributed by atoms with Crippen LogP contribution >= 0.6 is 0 Å². The van der Waals surface area contributed by atoms with Gasteiger partial charge >= 0.3 is 6.18 Å². The molecule has 2 nitrogen and oxygen atoms in total. The third kappa shape index (κ3) is 3.25. The van der Waals surface area contributed by atoms with Crippen molar-refractivity contribution in [2.45, 2.75) is 32.5 Å². The minimum Gasteiger partial charge on any atom is -0.388 e. The zero-order valence-electron chi connectivity index (χ0n) is 10.8. The van der Waals surface area contributed by atoms with Crippen LogP contribution in [0.5, 0.6) is 0 Å². The van der Waals surface area contributed by atoms with Gasteiger partial charge in [0.25, 0.3) is 0 Å². The molecule has 0 saturated carbocycles. The molecule has 2 atom stereocenters. The van der Waals surface area contributed by atoms with Crippen LogP contribution in [0, 0.1) is 11.2 Å². The number of rotatable bonds is 4. The smallest absolute Gasteiger partial charge is 0.388 e. The van der Waals surface area contributed by atoms with Crippen LogP contribution in [0.1, 0.15) is 37.5 Å². The van der Waals surface area contributed by atoms with Gasteiger partial charge in [0.05, 0.1) is 11.7 Å². The number of hydrogen-bond donors (Lipinski definition) is 2. The molecular formula is C13H17F4NO. The van der Waals surface area contributed by atoms with Gasteiger partial charge in [0.2, 0.25) is 0 Å². The summed E-state index contributed by atoms with van der Waals surface area (Å²) in [7, 11) is 0. The third-order valence-electron chi connectivity index (χ3n) is 3.55. The summed E-state index contributed by atoms with van der Waals surface area (Å²) in [6.45, 7) is 3.57. The second-order valence-electron chi connectivity index (χ2n) is 4.85. The summed E-state index contributed by atoms with van der Waals surface area (Å²) >= 11 is 0. The monoisotopic (exact) mass is 279 g/mol. The zero-order chi connectivity index (χ0) is 14.8. The predicted octanol–water partition coefficient (Wildman–Crippen LogP) is 3.25. The fourth-order valence-corrected chi connectivity index (χ4v) is 1.78. The molecule has 3 N–H and O–H groups in total. The van der Waals surface area contributed by atoms with Crippen molar-refractivity contribution in [2.75, 3.05) is 6.54 Å². The van der Waals surface area contributed by atoms with E-state index < -0.39 is 29.1 Å². The molecule has 0 bridgehead atoms. The van der Waals surface area contributed by atoms with Crippen molar-refractivity contribution in [2.24, 2.45) is 11.1 Å². The standard InChI is InChI=1S/C13H17F4NO/c1-3-12(2,7-18)11(19)8-4-5-10(14)9(6-8)13(15,16)17/h4-6,11,19H,3,7,18H2,1-2H3. The highest BCUT2D eigenvalue weighted by Crippen LogP contribution is 2.39. The maximum absolute atomic E-state index is 13.2. The van der Waals surface area contributed by atoms with Gasteiger partial charge in [-0.05, 0) is 24.1 Å². The van der Waals surface area contributed by atoms with Gasteiger partial charge < -0.3 is 10.8 Å². The summed E-state index contributed by atoms with van der Waals surface area (Å²) in [6.07, 6.45) is -5.47. The molecule has 1 rings (SSSR count). The van der Waals surface area contributed by atoms with E-state index in [1.54, 1.807) is 13.8 Å². The molecule has 0 saturated heterocycles. The van der Waals surface area contributed by atoms with Gasteiger partial charge in [-0.2, -0.15) is 13.2 Å². The molecule has 0 aliphatic carbocycles. The van der Waals surface area contributed by atoms with E-state index in [9.17, 15) is 22.7 Å². The van der Waals surface area contributed by atoms with Gasteiger partial charge in [0, 0.05) is 12.0 Å². The summed E-state index contributed by atoms with van der Waals surface area (Å²) < 4.78 is 51.0. The Morgan fingerprint density at radius 1 is 1.32 bits per heavy atom. The Labute approximate surface area is 109 Å². The van der Waals surface area contributed by atoms with E-state index in [2.05, 4.69) is 0 Å². The van der Waals surface area contributed by atoms with Gasteiger partial charge in [0.15, 0.2) is 0 Å². The van der Waals surface area contributed by atoms with Gasteiger partial charge in [-0.3, -0.25) is 0 Å². The molecule has 0 aromatic heterocycles. The van der Waals surface area contributed by atoms with Gasteiger partial charge in [-0.25, -0.2) is 4.39 Å². The molecule has 0 radical (unpaired) electrons. The molecule has 6 heteroatoms. The lowest BCUT2D eigenvalue weighted by Gasteiger charge is -2.32. The van der Waals surface area contributed by atoms with Crippen LogP contribution in [-0.2, 0) is 6.18 Å². The van der Waals surface area contributed by atoms with Crippen LogP contribution in [0.3, 0.4) is 0 Å². The van der Waals surface area contributed by atoms with Gasteiger partial charge in [-0.1, -0.05) is 19.9 Å². The largest absolute Gasteiger partial charge is 0.419 e. The second-order valence-corrected chi connectivity index (χ2v) is 4.85. The predicted molar refractivity (Wildman–Crippen MR) is 63.8 cm³/mol. The highest BCUT2D eigenvalue weighted by atomic mass is 19.4. The van der Waals surface area contributed by atoms with E-state index in [1.807, 2.05) is 0 Å². The van der Waals surface area contributed by atoms with Crippen LogP contribution in [0.25, 0.3) is 0 Å². The van der Waals surface area contributed by atoms with E-state index in [-0.39, 0.29) is 12.1 Å². The summed E-state index contributed by atoms with van der Waals surface area (Å²) in [5.41, 5.74) is 3.45. The lowest BCUT2D eigenvalue weighted by molar-refractivity contribution is -0.140. The Morgan fingerprint density at radius 2 is 1.89 bits per heavy atom. The molecule has 0 spiro atoms. The van der Waals surface area contributed by atoms with Gasteiger partial charge in [-0.15, -0.1) is 0 Å². The van der Waals surface area contributed by atoms with E-state index >= 15 is 0 Å². The van der Waals surface area contributed by atoms with Crippen molar-refractivity contribution in [1.29, 1.82) is 0 Å². The minimum absolute atomic E-state index is 0.0172. The maximum atomic E-state index is 13.2. The number of benzene rings is 1. The van der Waals surface area contributed by atoms with E-state index in [1.165, 1.54) is 0 Å². The van der Waals surface area contributed by atoms with Crippen molar-refractivity contribution >= 4 is 0 Å². The topological polar surface area (TPSA) is 46.2 Å². The molecule has 108 valence electrons. The van der Waals surface area contributed by atoms with Gasteiger partial charge in [0.1, 0.15) is 5.82 Å². The Morgan fingerprint density at radius 3 is 2.32 bits per heavy atom. The van der Waals surface area contributed by atoms with Crippen LogP contribution in [0.2, 0.25) is 0 Å². The average molecular weight is 279 g/mol. The first-order valence-corrected chi connectivity index (χ1v) is 5.90. The molecule has 1 aromatic rings. The molecular weight excluding hydrogens is 262 g/mol. The second kappa shape index (κ2) is 5.46. The number of alkyl halides is 3. The highest BCUT2D eigenvalue weighted by molar-refractivity contribution is 5.29. The third-order valence-corrected chi connectivity index (χ3v) is 3.55. The summed E-state index contributed by atoms with van der Waals surface area (Å²) in [5, 5.41) is 10.2. The van der Waals surface area contributed by atoms with Crippen molar-refractivity contribution in [3.8, 4) is 0 Å². The average Bonchev–Trinajstić information content (AvgIpc) is 2.36. The quantitative estimate of drug-likeness (QED) is 0.831. The normalized spacial score (nSPS) is 17.1. The fraction of sp³-hybridized carbons (Fsp3) is 0.538. The van der Waals surface area contributed by atoms with Crippen molar-refractivity contribution in [3.05, 3.63) is 35.1 Å². The lowest BCUT2D eigenvalue weighted by Crippen LogP contribution is -2.33. The highest BCUT2D eigenvalue weighted by Gasteiger charge is 2.37. The molecule has 1 aromatic carbocycles. The van der Waals surface area contributed by atoms with Crippen molar-refractivity contribution in [3.63, 3.8) is 0 Å². The Kier molecular flexibility index (Phi) is 4.58. The van der Waals surface area contributed by atoms with Crippen LogP contribution in [0.15, 0.2) is 18.2 Å². The number of halogens is 4. The van der Waals surface area contributed by atoms with Crippen molar-refractivity contribution < 1.29 is 22.7 Å². The van der Waals surface area contributed by atoms with Crippen LogP contribution in [0.4, 0.5) is 17.6 Å². The van der Waals surface area contributed by atoms with Crippen LogP contribution in [-0.4, -0.2) is 11.7 Å². The first-order chi connectivity index (χ1) is 8.65. The SMILES string of the molecule is CCC(C)(CN)C(O)c1ccc(F)c(C(F)(F)F)c1. The van der Waals surface area contributed by atoms with E-state index in [4.69, 9.17) is 5.73 Å². The van der Waals surface area contributed by atoms with E-state index in [0.29, 0.717) is 18.6 Å². The lowest BCUT2D eigenvalue weighted by atomic mass is 9.78. The Balaban J connectivity index is 3.23. The Hall–Kier alpha value is -1.14. The number of hydrogen-bond acceptors (Lipinski definition) is 2. The maximum Gasteiger partial charge on any atom is 0.419 e. The first-order valence-electron chi connectivity index (χ1n) is 5.90. The summed E-state index contributed by atoms with van der Waals surface area (Å²) in [6, 6.07) is 2.51. The van der Waals surface area contributed by atoms with E-state index in [0.717, 1.165) is 6.07 Å². The summed E-state index contributed by atoms with van der Waals surface area (Å²) in [5.74, 6) is -1.35. The molecule has 19 heavy (non-hydrogen) atoms. The molecule has 0 amide bonds. The molecule has 0 aliphatic heterocycles. The minimum atomic E-state index is -4.79. The molecule has 0 fully saturated rings. The zero-order valence-corrected chi connectivity index (χ0v) is 10.8. The fourth-order valence-electron chi connectivity index (χ4n) is 1.78. The number of nitrogens with two attached hydrogens (primary N) is 1. The van der Waals surface area contributed by atoms with Crippen LogP contribution < -0.4 is 5.73 Å². The Bertz CT molecular complexity index is 441. The van der Waals surface area contributed by atoms with Crippen molar-refractivity contribution in [1.82, 2.24) is 0 Å². The first kappa shape index (κ1) is 15.9. The summed E-state index contributed by atoms with van der Waals surface area (Å²) in [4.78, 5) is 0. The number of aliphatic hydroxyl groups excluding tert-OH is 1.